The third kappa shape index (κ3) is 4.03. The lowest BCUT2D eigenvalue weighted by Crippen LogP contribution is -2.05. The van der Waals surface area contributed by atoms with E-state index >= 15 is 0 Å². The molecule has 3 rings (SSSR count). The molecule has 1 aromatic carbocycles. The molecule has 0 saturated carbocycles. The predicted octanol–water partition coefficient (Wildman–Crippen LogP) is 3.94. The maximum atomic E-state index is 13.2. The smallest absolute Gasteiger partial charge is 0.297 e. The predicted molar refractivity (Wildman–Crippen MR) is 94.7 cm³/mol. The van der Waals surface area contributed by atoms with Gasteiger partial charge in [0.1, 0.15) is 5.01 Å². The number of imidazole rings is 1. The molecule has 0 spiro atoms. The van der Waals surface area contributed by atoms with E-state index in [4.69, 9.17) is 0 Å². The van der Waals surface area contributed by atoms with E-state index in [1.54, 1.807) is 0 Å². The van der Waals surface area contributed by atoms with Crippen LogP contribution in [-0.4, -0.2) is 34.4 Å². The fourth-order valence-electron chi connectivity index (χ4n) is 2.28. The van der Waals surface area contributed by atoms with Crippen molar-refractivity contribution in [1.29, 1.82) is 0 Å². The number of alkyl halides is 3. The van der Waals surface area contributed by atoms with Crippen LogP contribution in [0.25, 0.3) is 16.5 Å². The van der Waals surface area contributed by atoms with Crippen molar-refractivity contribution in [3.63, 3.8) is 0 Å². The molecule has 0 amide bonds. The molecular weight excluding hydrogens is 401 g/mol. The van der Waals surface area contributed by atoms with Gasteiger partial charge in [-0.3, -0.25) is 4.57 Å². The summed E-state index contributed by atoms with van der Waals surface area (Å²) < 4.78 is 63.9. The lowest BCUT2D eigenvalue weighted by Gasteiger charge is -2.06. The molecule has 0 unspecified atom stereocenters. The van der Waals surface area contributed by atoms with Gasteiger partial charge in [0.25, 0.3) is 0 Å². The first-order valence-electron chi connectivity index (χ1n) is 7.77. The Morgan fingerprint density at radius 3 is 2.22 bits per heavy atom. The van der Waals surface area contributed by atoms with Crippen molar-refractivity contribution >= 4 is 21.2 Å². The van der Waals surface area contributed by atoms with Crippen LogP contribution in [0.3, 0.4) is 0 Å². The van der Waals surface area contributed by atoms with Gasteiger partial charge in [-0.25, -0.2) is 13.4 Å². The number of aromatic nitrogens is 4. The van der Waals surface area contributed by atoms with Crippen molar-refractivity contribution < 1.29 is 21.6 Å². The van der Waals surface area contributed by atoms with Gasteiger partial charge in [-0.15, -0.1) is 10.2 Å². The Balaban J connectivity index is 2.14. The molecule has 3 aromatic rings. The maximum absolute atomic E-state index is 13.2. The van der Waals surface area contributed by atoms with Gasteiger partial charge in [0, 0.05) is 24.1 Å². The van der Waals surface area contributed by atoms with E-state index in [0.29, 0.717) is 10.7 Å². The minimum atomic E-state index is -4.63. The van der Waals surface area contributed by atoms with Crippen molar-refractivity contribution in [1.82, 2.24) is 19.7 Å². The first-order valence-corrected chi connectivity index (χ1v) is 10.5. The molecular formula is C16H15F3N4O2S2. The Morgan fingerprint density at radius 2 is 1.74 bits per heavy atom. The molecule has 0 fully saturated rings. The van der Waals surface area contributed by atoms with Crippen LogP contribution in [-0.2, 0) is 16.0 Å². The van der Waals surface area contributed by atoms with E-state index in [1.807, 2.05) is 13.8 Å². The van der Waals surface area contributed by atoms with Crippen molar-refractivity contribution in [3.8, 4) is 16.5 Å². The highest BCUT2D eigenvalue weighted by Gasteiger charge is 2.35. The molecule has 11 heteroatoms. The van der Waals surface area contributed by atoms with Crippen LogP contribution < -0.4 is 0 Å². The van der Waals surface area contributed by atoms with Crippen molar-refractivity contribution in [3.05, 3.63) is 41.2 Å². The molecule has 0 N–H and O–H groups in total. The quantitative estimate of drug-likeness (QED) is 0.644. The molecule has 2 aromatic heterocycles. The summed E-state index contributed by atoms with van der Waals surface area (Å²) in [5, 5.41) is 8.90. The van der Waals surface area contributed by atoms with Gasteiger partial charge in [0.15, 0.2) is 26.4 Å². The van der Waals surface area contributed by atoms with E-state index in [0.717, 1.165) is 12.5 Å². The Bertz CT molecular complexity index is 1070. The summed E-state index contributed by atoms with van der Waals surface area (Å²) in [5.41, 5.74) is -0.729. The highest BCUT2D eigenvalue weighted by molar-refractivity contribution is 7.90. The van der Waals surface area contributed by atoms with Crippen molar-refractivity contribution in [2.45, 2.75) is 30.8 Å². The van der Waals surface area contributed by atoms with E-state index in [-0.39, 0.29) is 21.6 Å². The van der Waals surface area contributed by atoms with Gasteiger partial charge < -0.3 is 0 Å². The van der Waals surface area contributed by atoms with Crippen LogP contribution in [0.15, 0.2) is 35.4 Å². The summed E-state index contributed by atoms with van der Waals surface area (Å²) in [4.78, 5) is 3.77. The Kier molecular flexibility index (Phi) is 4.85. The zero-order valence-electron chi connectivity index (χ0n) is 14.5. The van der Waals surface area contributed by atoms with E-state index in [1.165, 1.54) is 40.2 Å². The minimum Gasteiger partial charge on any atom is -0.297 e. The summed E-state index contributed by atoms with van der Waals surface area (Å²) in [7, 11) is -3.41. The lowest BCUT2D eigenvalue weighted by atomic mass is 10.2. The number of hydrogen-bond donors (Lipinski definition) is 0. The second-order valence-electron chi connectivity index (χ2n) is 6.18. The molecule has 0 aliphatic carbocycles. The van der Waals surface area contributed by atoms with Crippen LogP contribution >= 0.6 is 11.3 Å². The van der Waals surface area contributed by atoms with Crippen LogP contribution in [0.1, 0.15) is 30.5 Å². The molecule has 0 saturated heterocycles. The average Bonchev–Trinajstić information content (AvgIpc) is 3.20. The molecule has 0 aliphatic rings. The zero-order chi connectivity index (χ0) is 20.0. The number of sulfone groups is 1. The first-order chi connectivity index (χ1) is 12.5. The number of rotatable bonds is 4. The maximum Gasteiger partial charge on any atom is 0.434 e. The Labute approximate surface area is 157 Å². The molecule has 27 heavy (non-hydrogen) atoms. The molecule has 0 aliphatic heterocycles. The fraction of sp³-hybridized carbons (Fsp3) is 0.312. The molecule has 144 valence electrons. The molecule has 2 heterocycles. The van der Waals surface area contributed by atoms with Gasteiger partial charge in [-0.05, 0) is 24.3 Å². The summed E-state index contributed by atoms with van der Waals surface area (Å²) >= 11 is 1.17. The summed E-state index contributed by atoms with van der Waals surface area (Å²) in [6, 6.07) is 5.51. The summed E-state index contributed by atoms with van der Waals surface area (Å²) in [6.45, 7) is 3.81. The standard InChI is InChI=1S/C16H15F3N4O2S2/c1-9(2)14-21-22-15(26-14)13-20-12(16(17,18)19)8-23(13)10-4-6-11(7-5-10)27(3,24)25/h4-9H,1-3H3. The lowest BCUT2D eigenvalue weighted by molar-refractivity contribution is -0.140. The van der Waals surface area contributed by atoms with E-state index < -0.39 is 21.7 Å². The minimum absolute atomic E-state index is 0.00108. The third-order valence-corrected chi connectivity index (χ3v) is 6.01. The number of halogens is 3. The molecule has 0 atom stereocenters. The van der Waals surface area contributed by atoms with Crippen LogP contribution in [0.5, 0.6) is 0 Å². The second kappa shape index (κ2) is 6.71. The van der Waals surface area contributed by atoms with E-state index in [9.17, 15) is 21.6 Å². The number of benzene rings is 1. The molecule has 6 nitrogen and oxygen atoms in total. The van der Waals surface area contributed by atoms with Crippen LogP contribution in [0.2, 0.25) is 0 Å². The topological polar surface area (TPSA) is 77.7 Å². The first kappa shape index (κ1) is 19.5. The van der Waals surface area contributed by atoms with Crippen molar-refractivity contribution in [2.24, 2.45) is 0 Å². The normalized spacial score (nSPS) is 12.7. The van der Waals surface area contributed by atoms with Gasteiger partial charge in [-0.1, -0.05) is 25.2 Å². The summed E-state index contributed by atoms with van der Waals surface area (Å²) in [5.74, 6) is 0.0784. The van der Waals surface area contributed by atoms with Crippen molar-refractivity contribution in [2.75, 3.05) is 6.26 Å². The number of nitrogens with zero attached hydrogens (tertiary/aromatic N) is 4. The van der Waals surface area contributed by atoms with Gasteiger partial charge in [0.05, 0.1) is 4.90 Å². The zero-order valence-corrected chi connectivity index (χ0v) is 16.2. The molecule has 0 radical (unpaired) electrons. The monoisotopic (exact) mass is 416 g/mol. The third-order valence-electron chi connectivity index (χ3n) is 3.67. The largest absolute Gasteiger partial charge is 0.434 e. The highest BCUT2D eigenvalue weighted by atomic mass is 32.2. The molecule has 0 bridgehead atoms. The fourth-order valence-corrected chi connectivity index (χ4v) is 3.74. The van der Waals surface area contributed by atoms with Gasteiger partial charge in [-0.2, -0.15) is 13.2 Å². The highest BCUT2D eigenvalue weighted by Crippen LogP contribution is 2.34. The van der Waals surface area contributed by atoms with E-state index in [2.05, 4.69) is 15.2 Å². The van der Waals surface area contributed by atoms with Gasteiger partial charge >= 0.3 is 6.18 Å². The average molecular weight is 416 g/mol. The van der Waals surface area contributed by atoms with Crippen LogP contribution in [0, 0.1) is 0 Å². The summed E-state index contributed by atoms with van der Waals surface area (Å²) in [6.07, 6.45) is -2.71. The van der Waals surface area contributed by atoms with Crippen LogP contribution in [0.4, 0.5) is 13.2 Å². The SMILES string of the molecule is CC(C)c1nnc(-c2nc(C(F)(F)F)cn2-c2ccc(S(C)(=O)=O)cc2)s1. The second-order valence-corrected chi connectivity index (χ2v) is 9.21. The number of hydrogen-bond acceptors (Lipinski definition) is 6. The Hall–Kier alpha value is -2.27. The Morgan fingerprint density at radius 1 is 1.11 bits per heavy atom. The van der Waals surface area contributed by atoms with Gasteiger partial charge in [0.2, 0.25) is 0 Å².